The van der Waals surface area contributed by atoms with Gasteiger partial charge in [0, 0.05) is 6.54 Å². The third kappa shape index (κ3) is 3.07. The number of carbonyl (C=O) groups excluding carboxylic acids is 1. The van der Waals surface area contributed by atoms with Crippen LogP contribution >= 0.6 is 11.3 Å². The monoisotopic (exact) mass is 366 g/mol. The lowest BCUT2D eigenvalue weighted by Gasteiger charge is -2.35. The van der Waals surface area contributed by atoms with Crippen molar-refractivity contribution in [1.29, 1.82) is 0 Å². The van der Waals surface area contributed by atoms with Gasteiger partial charge in [-0.25, -0.2) is 4.98 Å². The van der Waals surface area contributed by atoms with Crippen LogP contribution in [0.3, 0.4) is 0 Å². The topological polar surface area (TPSA) is 42.4 Å². The SMILES string of the molecule is COc1ccc(C)cc1C(=O)N1CCCC[C@H]1c1nc2ccccc2s1. The summed E-state index contributed by atoms with van der Waals surface area (Å²) >= 11 is 1.70. The average molecular weight is 366 g/mol. The van der Waals surface area contributed by atoms with Crippen molar-refractivity contribution in [2.24, 2.45) is 0 Å². The number of hydrogen-bond acceptors (Lipinski definition) is 4. The van der Waals surface area contributed by atoms with Crippen LogP contribution in [-0.4, -0.2) is 29.4 Å². The fourth-order valence-electron chi connectivity index (χ4n) is 3.61. The number of methoxy groups -OCH3 is 1. The van der Waals surface area contributed by atoms with Crippen molar-refractivity contribution in [2.45, 2.75) is 32.2 Å². The fourth-order valence-corrected chi connectivity index (χ4v) is 4.72. The largest absolute Gasteiger partial charge is 0.496 e. The maximum Gasteiger partial charge on any atom is 0.258 e. The first-order valence-corrected chi connectivity index (χ1v) is 9.80. The summed E-state index contributed by atoms with van der Waals surface area (Å²) in [5, 5.41) is 1.03. The number of aromatic nitrogens is 1. The molecule has 5 heteroatoms. The highest BCUT2D eigenvalue weighted by Gasteiger charge is 2.32. The summed E-state index contributed by atoms with van der Waals surface area (Å²) in [5.74, 6) is 0.670. The van der Waals surface area contributed by atoms with Gasteiger partial charge in [-0.15, -0.1) is 11.3 Å². The van der Waals surface area contributed by atoms with Crippen molar-refractivity contribution >= 4 is 27.5 Å². The first-order chi connectivity index (χ1) is 12.7. The molecule has 0 bridgehead atoms. The van der Waals surface area contributed by atoms with Gasteiger partial charge in [0.05, 0.1) is 28.9 Å². The number of nitrogens with zero attached hydrogens (tertiary/aromatic N) is 2. The van der Waals surface area contributed by atoms with Crippen LogP contribution in [0.25, 0.3) is 10.2 Å². The zero-order valence-corrected chi connectivity index (χ0v) is 15.9. The number of aryl methyl sites for hydroxylation is 1. The molecule has 1 aliphatic heterocycles. The Morgan fingerprint density at radius 2 is 2.08 bits per heavy atom. The summed E-state index contributed by atoms with van der Waals surface area (Å²) in [7, 11) is 1.61. The lowest BCUT2D eigenvalue weighted by Crippen LogP contribution is -2.38. The van der Waals surface area contributed by atoms with Crippen LogP contribution in [0.5, 0.6) is 5.75 Å². The normalized spacial score (nSPS) is 17.5. The number of fused-ring (bicyclic) bond motifs is 1. The molecule has 1 saturated heterocycles. The van der Waals surface area contributed by atoms with Gasteiger partial charge in [0.15, 0.2) is 0 Å². The zero-order chi connectivity index (χ0) is 18.1. The summed E-state index contributed by atoms with van der Waals surface area (Å²) in [4.78, 5) is 20.2. The lowest BCUT2D eigenvalue weighted by molar-refractivity contribution is 0.0608. The van der Waals surface area contributed by atoms with Gasteiger partial charge in [0.1, 0.15) is 10.8 Å². The Kier molecular flexibility index (Phi) is 4.64. The van der Waals surface area contributed by atoms with Gasteiger partial charge in [-0.05, 0) is 50.5 Å². The number of hydrogen-bond donors (Lipinski definition) is 0. The van der Waals surface area contributed by atoms with E-state index >= 15 is 0 Å². The van der Waals surface area contributed by atoms with E-state index in [2.05, 4.69) is 6.07 Å². The first-order valence-electron chi connectivity index (χ1n) is 8.98. The molecule has 3 aromatic rings. The van der Waals surface area contributed by atoms with Crippen LogP contribution in [-0.2, 0) is 0 Å². The Bertz CT molecular complexity index is 917. The van der Waals surface area contributed by atoms with E-state index in [1.54, 1.807) is 18.4 Å². The maximum atomic E-state index is 13.4. The molecule has 0 spiro atoms. The Morgan fingerprint density at radius 3 is 2.88 bits per heavy atom. The molecule has 4 nitrogen and oxygen atoms in total. The second-order valence-electron chi connectivity index (χ2n) is 6.73. The molecule has 2 aromatic carbocycles. The molecular weight excluding hydrogens is 344 g/mol. The third-order valence-electron chi connectivity index (χ3n) is 4.94. The number of thiazole rings is 1. The maximum absolute atomic E-state index is 13.4. The van der Waals surface area contributed by atoms with Gasteiger partial charge in [-0.1, -0.05) is 23.8 Å². The highest BCUT2D eigenvalue weighted by molar-refractivity contribution is 7.18. The molecule has 0 radical (unpaired) electrons. The van der Waals surface area contributed by atoms with Gasteiger partial charge in [0.2, 0.25) is 0 Å². The molecule has 1 aromatic heterocycles. The van der Waals surface area contributed by atoms with E-state index < -0.39 is 0 Å². The minimum absolute atomic E-state index is 0.0366. The van der Waals surface area contributed by atoms with Crippen LogP contribution in [0.1, 0.15) is 46.2 Å². The highest BCUT2D eigenvalue weighted by Crippen LogP contribution is 2.37. The molecule has 26 heavy (non-hydrogen) atoms. The van der Waals surface area contributed by atoms with Crippen LogP contribution < -0.4 is 4.74 Å². The number of likely N-dealkylation sites (tertiary alicyclic amines) is 1. The Hall–Kier alpha value is -2.40. The predicted molar refractivity (Wildman–Crippen MR) is 105 cm³/mol. The van der Waals surface area contributed by atoms with E-state index in [-0.39, 0.29) is 11.9 Å². The van der Waals surface area contributed by atoms with Crippen molar-refractivity contribution in [3.63, 3.8) is 0 Å². The van der Waals surface area contributed by atoms with Crippen LogP contribution in [0.4, 0.5) is 0 Å². The lowest BCUT2D eigenvalue weighted by atomic mass is 10.0. The second-order valence-corrected chi connectivity index (χ2v) is 7.80. The number of para-hydroxylation sites is 1. The van der Waals surface area contributed by atoms with Gasteiger partial charge in [-0.2, -0.15) is 0 Å². The van der Waals surface area contributed by atoms with Crippen molar-refractivity contribution in [1.82, 2.24) is 9.88 Å². The summed E-state index contributed by atoms with van der Waals surface area (Å²) in [5.41, 5.74) is 2.71. The van der Waals surface area contributed by atoms with Crippen molar-refractivity contribution in [2.75, 3.05) is 13.7 Å². The molecule has 0 aliphatic carbocycles. The van der Waals surface area contributed by atoms with Crippen LogP contribution in [0.2, 0.25) is 0 Å². The highest BCUT2D eigenvalue weighted by atomic mass is 32.1. The number of amides is 1. The van der Waals surface area contributed by atoms with E-state index in [9.17, 15) is 4.79 Å². The molecule has 134 valence electrons. The quantitative estimate of drug-likeness (QED) is 0.656. The molecule has 1 aliphatic rings. The molecule has 1 fully saturated rings. The average Bonchev–Trinajstić information content (AvgIpc) is 3.11. The van der Waals surface area contributed by atoms with E-state index in [1.807, 2.05) is 48.2 Å². The van der Waals surface area contributed by atoms with E-state index in [4.69, 9.17) is 9.72 Å². The molecule has 1 amide bonds. The molecule has 2 heterocycles. The molecule has 0 saturated carbocycles. The summed E-state index contributed by atoms with van der Waals surface area (Å²) in [6.07, 6.45) is 3.11. The van der Waals surface area contributed by atoms with Gasteiger partial charge < -0.3 is 9.64 Å². The predicted octanol–water partition coefficient (Wildman–Crippen LogP) is 4.98. The van der Waals surface area contributed by atoms with Gasteiger partial charge in [-0.3, -0.25) is 4.79 Å². The Balaban J connectivity index is 1.71. The fraction of sp³-hybridized carbons (Fsp3) is 0.333. The minimum atomic E-state index is 0.0366. The van der Waals surface area contributed by atoms with E-state index in [1.165, 1.54) is 4.70 Å². The van der Waals surface area contributed by atoms with Crippen molar-refractivity contribution in [3.8, 4) is 5.75 Å². The van der Waals surface area contributed by atoms with Crippen molar-refractivity contribution < 1.29 is 9.53 Å². The second kappa shape index (κ2) is 7.08. The Labute approximate surface area is 157 Å². The summed E-state index contributed by atoms with van der Waals surface area (Å²) in [6.45, 7) is 2.76. The first kappa shape index (κ1) is 17.0. The zero-order valence-electron chi connectivity index (χ0n) is 15.1. The number of ether oxygens (including phenoxy) is 1. The van der Waals surface area contributed by atoms with E-state index in [0.717, 1.165) is 41.9 Å². The molecular formula is C21H22N2O2S. The smallest absolute Gasteiger partial charge is 0.258 e. The Morgan fingerprint density at radius 1 is 1.23 bits per heavy atom. The number of rotatable bonds is 3. The van der Waals surface area contributed by atoms with E-state index in [0.29, 0.717) is 11.3 Å². The van der Waals surface area contributed by atoms with Crippen molar-refractivity contribution in [3.05, 3.63) is 58.6 Å². The van der Waals surface area contributed by atoms with Gasteiger partial charge in [0.25, 0.3) is 5.91 Å². The summed E-state index contributed by atoms with van der Waals surface area (Å²) in [6, 6.07) is 14.0. The van der Waals surface area contributed by atoms with Crippen LogP contribution in [0, 0.1) is 6.92 Å². The summed E-state index contributed by atoms with van der Waals surface area (Å²) < 4.78 is 6.62. The number of carbonyl (C=O) groups is 1. The molecule has 1 atom stereocenters. The van der Waals surface area contributed by atoms with Gasteiger partial charge >= 0.3 is 0 Å². The number of benzene rings is 2. The standard InChI is InChI=1S/C21H22N2O2S/c1-14-10-11-18(25-2)15(13-14)21(24)23-12-6-5-8-17(23)20-22-16-7-3-4-9-19(16)26-20/h3-4,7,9-11,13,17H,5-6,8,12H2,1-2H3/t17-/m0/s1. The molecule has 4 rings (SSSR count). The molecule has 0 unspecified atom stereocenters. The number of piperidine rings is 1. The molecule has 0 N–H and O–H groups in total. The minimum Gasteiger partial charge on any atom is -0.496 e. The third-order valence-corrected chi connectivity index (χ3v) is 6.08. The van der Waals surface area contributed by atoms with Crippen LogP contribution in [0.15, 0.2) is 42.5 Å².